The van der Waals surface area contributed by atoms with E-state index in [1.165, 1.54) is 11.1 Å². The van der Waals surface area contributed by atoms with Gasteiger partial charge in [-0.1, -0.05) is 0 Å². The number of aryl methyl sites for hydroxylation is 2. The summed E-state index contributed by atoms with van der Waals surface area (Å²) in [6.07, 6.45) is 5.81. The van der Waals surface area contributed by atoms with Crippen molar-refractivity contribution in [2.45, 2.75) is 57.3 Å². The van der Waals surface area contributed by atoms with Crippen LogP contribution in [0.1, 0.15) is 54.1 Å². The molecule has 1 spiro atoms. The molecule has 1 atom stereocenters. The molecular weight excluding hydrogens is 306 g/mol. The summed E-state index contributed by atoms with van der Waals surface area (Å²) in [6, 6.07) is 3.69. The third-order valence-electron chi connectivity index (χ3n) is 5.50. The lowest BCUT2D eigenvalue weighted by molar-refractivity contribution is -0.189. The van der Waals surface area contributed by atoms with Crippen molar-refractivity contribution in [1.82, 2.24) is 4.90 Å². The average molecular weight is 331 g/mol. The van der Waals surface area contributed by atoms with Gasteiger partial charge in [-0.3, -0.25) is 4.79 Å². The van der Waals surface area contributed by atoms with Gasteiger partial charge in [0.25, 0.3) is 5.91 Å². The minimum atomic E-state index is -0.506. The number of nitrogens with zero attached hydrogens (tertiary/aromatic N) is 1. The maximum atomic E-state index is 12.9. The zero-order valence-corrected chi connectivity index (χ0v) is 14.2. The van der Waals surface area contributed by atoms with Crippen LogP contribution in [0.25, 0.3) is 0 Å². The maximum absolute atomic E-state index is 12.9. The lowest BCUT2D eigenvalue weighted by Gasteiger charge is -2.38. The zero-order chi connectivity index (χ0) is 16.7. The standard InChI is InChI=1S/C19H25NO4/c1-13-12-23-19(24-13)6-8-20(9-7-19)18(22)16-10-14-4-2-3-5-15(14)11-17(16)21/h10-11,13,21H,2-9,12H2,1H3/t13-/m1/s1. The molecule has 130 valence electrons. The molecule has 0 unspecified atom stereocenters. The molecule has 2 heterocycles. The van der Waals surface area contributed by atoms with Crippen molar-refractivity contribution < 1.29 is 19.4 Å². The first-order valence-corrected chi connectivity index (χ1v) is 9.02. The van der Waals surface area contributed by atoms with E-state index in [1.54, 1.807) is 6.07 Å². The Morgan fingerprint density at radius 1 is 1.21 bits per heavy atom. The monoisotopic (exact) mass is 331 g/mol. The van der Waals surface area contributed by atoms with Crippen LogP contribution in [0.5, 0.6) is 5.75 Å². The number of carbonyl (C=O) groups is 1. The van der Waals surface area contributed by atoms with Crippen molar-refractivity contribution >= 4 is 5.91 Å². The molecule has 3 aliphatic rings. The normalized spacial score (nSPS) is 25.7. The first-order valence-electron chi connectivity index (χ1n) is 9.02. The van der Waals surface area contributed by atoms with Crippen molar-refractivity contribution in [1.29, 1.82) is 0 Å². The topological polar surface area (TPSA) is 59.0 Å². The molecule has 5 nitrogen and oxygen atoms in total. The van der Waals surface area contributed by atoms with Gasteiger partial charge in [0, 0.05) is 25.9 Å². The second-order valence-electron chi connectivity index (χ2n) is 7.29. The van der Waals surface area contributed by atoms with Gasteiger partial charge in [0.15, 0.2) is 5.79 Å². The Morgan fingerprint density at radius 2 is 1.88 bits per heavy atom. The summed E-state index contributed by atoms with van der Waals surface area (Å²) < 4.78 is 11.7. The molecular formula is C19H25NO4. The summed E-state index contributed by atoms with van der Waals surface area (Å²) in [4.78, 5) is 14.7. The number of likely N-dealkylation sites (tertiary alicyclic amines) is 1. The van der Waals surface area contributed by atoms with Gasteiger partial charge in [0.05, 0.1) is 18.3 Å². The van der Waals surface area contributed by atoms with E-state index in [2.05, 4.69) is 0 Å². The van der Waals surface area contributed by atoms with Crippen LogP contribution in [0.3, 0.4) is 0 Å². The van der Waals surface area contributed by atoms with Crippen LogP contribution in [-0.2, 0) is 22.3 Å². The van der Waals surface area contributed by atoms with E-state index in [0.717, 1.165) is 25.7 Å². The highest BCUT2D eigenvalue weighted by Crippen LogP contribution is 2.35. The van der Waals surface area contributed by atoms with E-state index in [-0.39, 0.29) is 17.8 Å². The first kappa shape index (κ1) is 15.9. The second kappa shape index (κ2) is 6.05. The van der Waals surface area contributed by atoms with Crippen molar-refractivity contribution in [3.63, 3.8) is 0 Å². The molecule has 2 saturated heterocycles. The van der Waals surface area contributed by atoms with Crippen molar-refractivity contribution in [3.8, 4) is 5.75 Å². The van der Waals surface area contributed by atoms with Crippen molar-refractivity contribution in [2.75, 3.05) is 19.7 Å². The molecule has 24 heavy (non-hydrogen) atoms. The highest BCUT2D eigenvalue weighted by atomic mass is 16.7. The molecule has 5 heteroatoms. The maximum Gasteiger partial charge on any atom is 0.257 e. The van der Waals surface area contributed by atoms with E-state index in [1.807, 2.05) is 17.9 Å². The minimum Gasteiger partial charge on any atom is -0.507 e. The Hall–Kier alpha value is -1.59. The van der Waals surface area contributed by atoms with Gasteiger partial charge < -0.3 is 19.5 Å². The Labute approximate surface area is 142 Å². The van der Waals surface area contributed by atoms with E-state index in [4.69, 9.17) is 9.47 Å². The number of phenols is 1. The highest BCUT2D eigenvalue weighted by Gasteiger charge is 2.43. The number of phenolic OH excluding ortho intramolecular Hbond substituents is 1. The van der Waals surface area contributed by atoms with Crippen LogP contribution in [0, 0.1) is 0 Å². The second-order valence-corrected chi connectivity index (χ2v) is 7.29. The van der Waals surface area contributed by atoms with Gasteiger partial charge in [0.2, 0.25) is 0 Å². The summed E-state index contributed by atoms with van der Waals surface area (Å²) in [6.45, 7) is 3.83. The Bertz CT molecular complexity index is 649. The molecule has 0 aromatic heterocycles. The van der Waals surface area contributed by atoms with E-state index >= 15 is 0 Å². The zero-order valence-electron chi connectivity index (χ0n) is 14.2. The van der Waals surface area contributed by atoms with Crippen molar-refractivity contribution in [3.05, 3.63) is 28.8 Å². The fourth-order valence-electron chi connectivity index (χ4n) is 4.13. The number of hydrogen-bond acceptors (Lipinski definition) is 4. The molecule has 1 amide bonds. The van der Waals surface area contributed by atoms with E-state index in [0.29, 0.717) is 38.1 Å². The summed E-state index contributed by atoms with van der Waals surface area (Å²) in [5.41, 5.74) is 2.84. The quantitative estimate of drug-likeness (QED) is 0.859. The molecule has 2 fully saturated rings. The molecule has 0 radical (unpaired) electrons. The van der Waals surface area contributed by atoms with Crippen LogP contribution in [0.15, 0.2) is 12.1 Å². The molecule has 0 bridgehead atoms. The first-order chi connectivity index (χ1) is 11.6. The lowest BCUT2D eigenvalue weighted by atomic mass is 9.89. The summed E-state index contributed by atoms with van der Waals surface area (Å²) >= 11 is 0. The minimum absolute atomic E-state index is 0.0817. The van der Waals surface area contributed by atoms with E-state index < -0.39 is 5.79 Å². The Kier molecular flexibility index (Phi) is 4.01. The third-order valence-corrected chi connectivity index (χ3v) is 5.50. The number of fused-ring (bicyclic) bond motifs is 1. The largest absolute Gasteiger partial charge is 0.507 e. The summed E-state index contributed by atoms with van der Waals surface area (Å²) in [5.74, 6) is -0.474. The fourth-order valence-corrected chi connectivity index (χ4v) is 4.13. The number of benzene rings is 1. The Morgan fingerprint density at radius 3 is 2.50 bits per heavy atom. The smallest absolute Gasteiger partial charge is 0.257 e. The Balaban J connectivity index is 1.49. The van der Waals surface area contributed by atoms with Crippen LogP contribution in [-0.4, -0.2) is 47.5 Å². The van der Waals surface area contributed by atoms with Gasteiger partial charge in [-0.05, 0) is 55.9 Å². The number of aromatic hydroxyl groups is 1. The predicted molar refractivity (Wildman–Crippen MR) is 89.1 cm³/mol. The van der Waals surface area contributed by atoms with Gasteiger partial charge in [0.1, 0.15) is 5.75 Å². The number of rotatable bonds is 1. The molecule has 1 aromatic rings. The summed E-state index contributed by atoms with van der Waals surface area (Å²) in [5, 5.41) is 10.3. The van der Waals surface area contributed by atoms with Crippen LogP contribution in [0.4, 0.5) is 0 Å². The van der Waals surface area contributed by atoms with Gasteiger partial charge in [-0.25, -0.2) is 0 Å². The number of ether oxygens (including phenoxy) is 2. The molecule has 0 saturated carbocycles. The van der Waals surface area contributed by atoms with Gasteiger partial charge in [-0.2, -0.15) is 0 Å². The number of hydrogen-bond donors (Lipinski definition) is 1. The van der Waals surface area contributed by atoms with Crippen LogP contribution < -0.4 is 0 Å². The molecule has 4 rings (SSSR count). The van der Waals surface area contributed by atoms with Gasteiger partial charge in [-0.15, -0.1) is 0 Å². The summed E-state index contributed by atoms with van der Waals surface area (Å²) in [7, 11) is 0. The van der Waals surface area contributed by atoms with Crippen LogP contribution >= 0.6 is 0 Å². The third kappa shape index (κ3) is 2.80. The lowest BCUT2D eigenvalue weighted by Crippen LogP contribution is -2.47. The van der Waals surface area contributed by atoms with Gasteiger partial charge >= 0.3 is 0 Å². The molecule has 1 N–H and O–H groups in total. The highest BCUT2D eigenvalue weighted by molar-refractivity contribution is 5.97. The predicted octanol–water partition coefficient (Wildman–Crippen LogP) is 2.64. The molecule has 2 aliphatic heterocycles. The SMILES string of the molecule is C[C@@H]1COC2(CCN(C(=O)c3cc4c(cc3O)CCCC4)CC2)O1. The van der Waals surface area contributed by atoms with Crippen molar-refractivity contribution in [2.24, 2.45) is 0 Å². The number of carbonyl (C=O) groups excluding carboxylic acids is 1. The molecule has 1 aromatic carbocycles. The number of amides is 1. The fraction of sp³-hybridized carbons (Fsp3) is 0.632. The van der Waals surface area contributed by atoms with E-state index in [9.17, 15) is 9.90 Å². The molecule has 1 aliphatic carbocycles. The average Bonchev–Trinajstić information content (AvgIpc) is 2.95. The van der Waals surface area contributed by atoms with Crippen LogP contribution in [0.2, 0.25) is 0 Å². The number of piperidine rings is 1.